The zero-order valence-electron chi connectivity index (χ0n) is 17.2. The van der Waals surface area contributed by atoms with Crippen LogP contribution >= 0.6 is 23.4 Å². The molecule has 2 atom stereocenters. The first-order chi connectivity index (χ1) is 13.9. The van der Waals surface area contributed by atoms with Crippen molar-refractivity contribution >= 4 is 35.2 Å². The summed E-state index contributed by atoms with van der Waals surface area (Å²) in [7, 11) is 0. The first kappa shape index (κ1) is 23.3. The van der Waals surface area contributed by atoms with Crippen LogP contribution in [0.3, 0.4) is 0 Å². The number of nitrogens with one attached hydrogen (secondary N) is 1. The van der Waals surface area contributed by atoms with Crippen LogP contribution in [-0.4, -0.2) is 34.6 Å². The van der Waals surface area contributed by atoms with Gasteiger partial charge in [0, 0.05) is 23.4 Å². The first-order valence-corrected chi connectivity index (χ1v) is 11.4. The van der Waals surface area contributed by atoms with Crippen molar-refractivity contribution in [2.24, 2.45) is 0 Å². The number of halogens is 1. The molecule has 2 rings (SSSR count). The molecule has 0 aliphatic carbocycles. The summed E-state index contributed by atoms with van der Waals surface area (Å²) in [5.41, 5.74) is 2.12. The van der Waals surface area contributed by atoms with Crippen molar-refractivity contribution in [2.75, 3.05) is 5.75 Å². The van der Waals surface area contributed by atoms with Gasteiger partial charge < -0.3 is 10.2 Å². The number of nitrogens with zero attached hydrogens (tertiary/aromatic N) is 1. The molecular formula is C23H29ClN2O2S. The molecule has 6 heteroatoms. The van der Waals surface area contributed by atoms with E-state index in [0.717, 1.165) is 17.7 Å². The predicted octanol–water partition coefficient (Wildman–Crippen LogP) is 4.91. The predicted molar refractivity (Wildman–Crippen MR) is 122 cm³/mol. The van der Waals surface area contributed by atoms with Crippen molar-refractivity contribution in [3.8, 4) is 0 Å². The average Bonchev–Trinajstić information content (AvgIpc) is 2.73. The van der Waals surface area contributed by atoms with Crippen LogP contribution in [0.4, 0.5) is 0 Å². The lowest BCUT2D eigenvalue weighted by Crippen LogP contribution is -2.50. The second kappa shape index (κ2) is 11.9. The van der Waals surface area contributed by atoms with Crippen LogP contribution in [0, 0.1) is 0 Å². The molecule has 156 valence electrons. The van der Waals surface area contributed by atoms with Crippen molar-refractivity contribution in [3.63, 3.8) is 0 Å². The first-order valence-electron chi connectivity index (χ1n) is 9.86. The molecule has 1 N–H and O–H groups in total. The number of carbonyl (C=O) groups excluding carboxylic acids is 2. The van der Waals surface area contributed by atoms with Gasteiger partial charge in [0.05, 0.1) is 5.75 Å². The number of hydrogen-bond acceptors (Lipinski definition) is 3. The van der Waals surface area contributed by atoms with Gasteiger partial charge in [-0.3, -0.25) is 9.59 Å². The summed E-state index contributed by atoms with van der Waals surface area (Å²) in [6.45, 7) is 6.14. The third-order valence-electron chi connectivity index (χ3n) is 4.77. The highest BCUT2D eigenvalue weighted by molar-refractivity contribution is 7.99. The Kier molecular flexibility index (Phi) is 9.55. The fraction of sp³-hybridized carbons (Fsp3) is 0.391. The normalized spacial score (nSPS) is 12.8. The van der Waals surface area contributed by atoms with E-state index >= 15 is 0 Å². The molecule has 0 heterocycles. The Morgan fingerprint density at radius 3 is 2.31 bits per heavy atom. The highest BCUT2D eigenvalue weighted by atomic mass is 35.5. The Hall–Kier alpha value is -1.98. The highest BCUT2D eigenvalue weighted by Crippen LogP contribution is 2.17. The van der Waals surface area contributed by atoms with E-state index in [0.29, 0.717) is 17.3 Å². The molecule has 2 aromatic carbocycles. The van der Waals surface area contributed by atoms with Gasteiger partial charge in [0.2, 0.25) is 11.8 Å². The smallest absolute Gasteiger partial charge is 0.242 e. The molecular weight excluding hydrogens is 404 g/mol. The molecule has 0 fully saturated rings. The summed E-state index contributed by atoms with van der Waals surface area (Å²) in [6, 6.07) is 17.0. The van der Waals surface area contributed by atoms with Crippen LogP contribution in [0.15, 0.2) is 54.6 Å². The molecule has 0 saturated heterocycles. The number of amides is 2. The number of hydrogen-bond donors (Lipinski definition) is 1. The van der Waals surface area contributed by atoms with Gasteiger partial charge >= 0.3 is 0 Å². The zero-order chi connectivity index (χ0) is 21.2. The summed E-state index contributed by atoms with van der Waals surface area (Å²) < 4.78 is 0. The molecule has 0 bridgehead atoms. The molecule has 0 saturated carbocycles. The Labute approximate surface area is 183 Å². The number of carbonyl (C=O) groups is 2. The van der Waals surface area contributed by atoms with Gasteiger partial charge in [0.25, 0.3) is 0 Å². The topological polar surface area (TPSA) is 49.4 Å². The molecule has 29 heavy (non-hydrogen) atoms. The van der Waals surface area contributed by atoms with Crippen LogP contribution < -0.4 is 5.32 Å². The summed E-state index contributed by atoms with van der Waals surface area (Å²) in [5.74, 6) is 0.903. The molecule has 0 aromatic heterocycles. The summed E-state index contributed by atoms with van der Waals surface area (Å²) >= 11 is 7.54. The molecule has 0 aliphatic heterocycles. The third-order valence-corrected chi connectivity index (χ3v) is 6.01. The fourth-order valence-corrected chi connectivity index (χ4v) is 3.74. The van der Waals surface area contributed by atoms with Gasteiger partial charge in [0.1, 0.15) is 6.04 Å². The van der Waals surface area contributed by atoms with Gasteiger partial charge in [-0.05, 0) is 43.5 Å². The van der Waals surface area contributed by atoms with E-state index in [9.17, 15) is 9.59 Å². The maximum Gasteiger partial charge on any atom is 0.242 e. The lowest BCUT2D eigenvalue weighted by Gasteiger charge is -2.29. The maximum atomic E-state index is 13.0. The van der Waals surface area contributed by atoms with Crippen molar-refractivity contribution < 1.29 is 9.59 Å². The Bertz CT molecular complexity index is 783. The second-order valence-corrected chi connectivity index (χ2v) is 8.54. The number of rotatable bonds is 10. The SMILES string of the molecule is CC[C@@H](C)NC(=O)[C@H](C)N(Cc1ccc(Cl)cc1)C(=O)CSCc1ccccc1. The van der Waals surface area contributed by atoms with E-state index in [2.05, 4.69) is 5.32 Å². The Morgan fingerprint density at radius 1 is 1.03 bits per heavy atom. The molecule has 0 aliphatic rings. The molecule has 2 amide bonds. The van der Waals surface area contributed by atoms with Crippen molar-refractivity contribution in [1.82, 2.24) is 10.2 Å². The number of benzene rings is 2. The molecule has 0 radical (unpaired) electrons. The molecule has 0 spiro atoms. The van der Waals surface area contributed by atoms with E-state index in [1.54, 1.807) is 35.7 Å². The van der Waals surface area contributed by atoms with E-state index in [-0.39, 0.29) is 17.9 Å². The van der Waals surface area contributed by atoms with Gasteiger partial charge in [-0.2, -0.15) is 0 Å². The zero-order valence-corrected chi connectivity index (χ0v) is 18.8. The monoisotopic (exact) mass is 432 g/mol. The standard InChI is InChI=1S/C23H29ClN2O2S/c1-4-17(2)25-23(28)18(3)26(14-19-10-12-21(24)13-11-19)22(27)16-29-15-20-8-6-5-7-9-20/h5-13,17-18H,4,14-16H2,1-3H3,(H,25,28)/t17-,18+/m1/s1. The summed E-state index contributed by atoms with van der Waals surface area (Å²) in [5, 5.41) is 3.63. The van der Waals surface area contributed by atoms with Crippen LogP contribution in [0.1, 0.15) is 38.3 Å². The van der Waals surface area contributed by atoms with Gasteiger partial charge in [-0.25, -0.2) is 0 Å². The highest BCUT2D eigenvalue weighted by Gasteiger charge is 2.26. The van der Waals surface area contributed by atoms with Gasteiger partial charge in [0.15, 0.2) is 0 Å². The van der Waals surface area contributed by atoms with Crippen molar-refractivity contribution in [1.29, 1.82) is 0 Å². The lowest BCUT2D eigenvalue weighted by atomic mass is 10.1. The Balaban J connectivity index is 2.06. The van der Waals surface area contributed by atoms with E-state index in [4.69, 9.17) is 11.6 Å². The van der Waals surface area contributed by atoms with Crippen molar-refractivity contribution in [2.45, 2.75) is 51.6 Å². The minimum atomic E-state index is -0.551. The molecule has 4 nitrogen and oxygen atoms in total. The van der Waals surface area contributed by atoms with Crippen LogP contribution in [0.25, 0.3) is 0 Å². The van der Waals surface area contributed by atoms with Crippen LogP contribution in [0.5, 0.6) is 0 Å². The van der Waals surface area contributed by atoms with Crippen LogP contribution in [-0.2, 0) is 21.9 Å². The third kappa shape index (κ3) is 7.75. The van der Waals surface area contributed by atoms with E-state index in [1.807, 2.05) is 56.3 Å². The van der Waals surface area contributed by atoms with Gasteiger partial charge in [-0.15, -0.1) is 11.8 Å². The quantitative estimate of drug-likeness (QED) is 0.580. The summed E-state index contributed by atoms with van der Waals surface area (Å²) in [6.07, 6.45) is 0.844. The second-order valence-electron chi connectivity index (χ2n) is 7.12. The molecule has 0 unspecified atom stereocenters. The largest absolute Gasteiger partial charge is 0.352 e. The maximum absolute atomic E-state index is 13.0. The lowest BCUT2D eigenvalue weighted by molar-refractivity contribution is -0.138. The van der Waals surface area contributed by atoms with Crippen molar-refractivity contribution in [3.05, 3.63) is 70.7 Å². The minimum absolute atomic E-state index is 0.0484. The average molecular weight is 433 g/mol. The minimum Gasteiger partial charge on any atom is -0.352 e. The van der Waals surface area contributed by atoms with E-state index in [1.165, 1.54) is 5.56 Å². The van der Waals surface area contributed by atoms with E-state index < -0.39 is 6.04 Å². The van der Waals surface area contributed by atoms with Crippen LogP contribution in [0.2, 0.25) is 5.02 Å². The fourth-order valence-electron chi connectivity index (χ4n) is 2.75. The molecule has 2 aromatic rings. The van der Waals surface area contributed by atoms with Gasteiger partial charge in [-0.1, -0.05) is 61.0 Å². The number of thioether (sulfide) groups is 1. The summed E-state index contributed by atoms with van der Waals surface area (Å²) in [4.78, 5) is 27.3. The Morgan fingerprint density at radius 2 is 1.69 bits per heavy atom.